The number of benzene rings is 1. The first-order valence-corrected chi connectivity index (χ1v) is 11.4. The van der Waals surface area contributed by atoms with E-state index in [1.807, 2.05) is 24.3 Å². The number of carbonyl (C=O) groups excluding carboxylic acids is 1. The fourth-order valence-corrected chi connectivity index (χ4v) is 4.51. The van der Waals surface area contributed by atoms with E-state index in [4.69, 9.17) is 0 Å². The first-order chi connectivity index (χ1) is 15.6. The quantitative estimate of drug-likeness (QED) is 0.655. The number of nitrogens with one attached hydrogen (secondary N) is 1. The average molecular weight is 435 g/mol. The molecule has 0 radical (unpaired) electrons. The molecule has 2 fully saturated rings. The van der Waals surface area contributed by atoms with Crippen molar-refractivity contribution in [2.45, 2.75) is 19.4 Å². The van der Waals surface area contributed by atoms with Crippen LogP contribution in [0, 0.1) is 5.92 Å². The van der Waals surface area contributed by atoms with Crippen LogP contribution in [0.25, 0.3) is 5.65 Å². The van der Waals surface area contributed by atoms with Crippen molar-refractivity contribution < 1.29 is 4.79 Å². The summed E-state index contributed by atoms with van der Waals surface area (Å²) in [4.78, 5) is 20.0. The van der Waals surface area contributed by atoms with Crippen molar-refractivity contribution in [3.63, 3.8) is 0 Å². The summed E-state index contributed by atoms with van der Waals surface area (Å²) in [7, 11) is 2.17. The maximum atomic E-state index is 12.9. The molecule has 5 rings (SSSR count). The maximum Gasteiger partial charge on any atom is 0.227 e. The number of piperazine rings is 1. The number of hydrogen-bond acceptors (Lipinski definition) is 7. The fourth-order valence-electron chi connectivity index (χ4n) is 4.51. The molecular weight excluding hydrogens is 404 g/mol. The normalized spacial score (nSPS) is 18.8. The molecule has 0 bridgehead atoms. The lowest BCUT2D eigenvalue weighted by atomic mass is 9.95. The molecule has 0 unspecified atom stereocenters. The first kappa shape index (κ1) is 20.8. The van der Waals surface area contributed by atoms with E-state index in [1.165, 1.54) is 5.56 Å². The van der Waals surface area contributed by atoms with Crippen LogP contribution >= 0.6 is 0 Å². The molecule has 0 saturated carbocycles. The molecule has 32 heavy (non-hydrogen) atoms. The van der Waals surface area contributed by atoms with Gasteiger partial charge in [-0.15, -0.1) is 15.3 Å². The van der Waals surface area contributed by atoms with Gasteiger partial charge in [-0.25, -0.2) is 0 Å². The van der Waals surface area contributed by atoms with E-state index in [0.29, 0.717) is 0 Å². The van der Waals surface area contributed by atoms with Crippen LogP contribution in [0.2, 0.25) is 0 Å². The lowest BCUT2D eigenvalue weighted by Gasteiger charge is -2.32. The van der Waals surface area contributed by atoms with E-state index in [0.717, 1.165) is 75.8 Å². The van der Waals surface area contributed by atoms with Crippen LogP contribution in [-0.2, 0) is 11.3 Å². The number of nitrogens with zero attached hydrogens (tertiary/aromatic N) is 7. The van der Waals surface area contributed by atoms with Crippen LogP contribution in [0.5, 0.6) is 0 Å². The van der Waals surface area contributed by atoms with Gasteiger partial charge in [0.25, 0.3) is 0 Å². The fraction of sp³-hybridized carbons (Fsp3) is 0.478. The van der Waals surface area contributed by atoms with E-state index in [2.05, 4.69) is 54.5 Å². The highest BCUT2D eigenvalue weighted by molar-refractivity contribution is 5.92. The number of carbonyl (C=O) groups is 1. The minimum absolute atomic E-state index is 0.0196. The smallest absolute Gasteiger partial charge is 0.227 e. The van der Waals surface area contributed by atoms with Crippen LogP contribution in [0.3, 0.4) is 0 Å². The molecule has 9 heteroatoms. The predicted molar refractivity (Wildman–Crippen MR) is 124 cm³/mol. The first-order valence-electron chi connectivity index (χ1n) is 11.4. The minimum atomic E-state index is 0.0196. The van der Waals surface area contributed by atoms with Gasteiger partial charge in [0.2, 0.25) is 5.91 Å². The Morgan fingerprint density at radius 2 is 1.88 bits per heavy atom. The Morgan fingerprint density at radius 3 is 2.69 bits per heavy atom. The molecule has 0 aliphatic carbocycles. The lowest BCUT2D eigenvalue weighted by molar-refractivity contribution is -0.120. The summed E-state index contributed by atoms with van der Waals surface area (Å²) in [5.74, 6) is 1.03. The van der Waals surface area contributed by atoms with E-state index in [1.54, 1.807) is 10.8 Å². The Labute approximate surface area is 188 Å². The second-order valence-corrected chi connectivity index (χ2v) is 8.86. The Bertz CT molecular complexity index is 1070. The van der Waals surface area contributed by atoms with Crippen LogP contribution in [0.4, 0.5) is 11.5 Å². The summed E-state index contributed by atoms with van der Waals surface area (Å²) < 4.78 is 1.68. The van der Waals surface area contributed by atoms with Crippen molar-refractivity contribution >= 4 is 23.1 Å². The zero-order valence-electron chi connectivity index (χ0n) is 18.5. The van der Waals surface area contributed by atoms with Crippen LogP contribution in [-0.4, -0.2) is 81.8 Å². The summed E-state index contributed by atoms with van der Waals surface area (Å²) in [6.07, 6.45) is 3.24. The molecule has 168 valence electrons. The number of amides is 1. The predicted octanol–water partition coefficient (Wildman–Crippen LogP) is 1.73. The molecule has 1 N–H and O–H groups in total. The molecule has 2 saturated heterocycles. The highest BCUT2D eigenvalue weighted by Crippen LogP contribution is 2.24. The summed E-state index contributed by atoms with van der Waals surface area (Å²) in [5, 5.41) is 15.6. The van der Waals surface area contributed by atoms with Crippen molar-refractivity contribution in [1.82, 2.24) is 29.6 Å². The molecule has 2 aromatic heterocycles. The van der Waals surface area contributed by atoms with E-state index >= 15 is 0 Å². The van der Waals surface area contributed by atoms with Gasteiger partial charge < -0.3 is 15.1 Å². The third-order valence-corrected chi connectivity index (χ3v) is 6.53. The number of anilines is 2. The highest BCUT2D eigenvalue weighted by Gasteiger charge is 2.26. The summed E-state index contributed by atoms with van der Waals surface area (Å²) in [5.41, 5.74) is 2.87. The van der Waals surface area contributed by atoms with Crippen molar-refractivity contribution in [1.29, 1.82) is 0 Å². The van der Waals surface area contributed by atoms with Crippen LogP contribution in [0.1, 0.15) is 18.4 Å². The summed E-state index contributed by atoms with van der Waals surface area (Å²) >= 11 is 0. The molecule has 4 heterocycles. The second kappa shape index (κ2) is 9.22. The standard InChI is InChI=1S/C23H30N8O/c1-28-11-13-29(14-12-28)16-18-3-2-4-20(15-18)25-23(32)19-7-9-30(10-8-19)22-6-5-21-26-24-17-31(21)27-22/h2-6,15,17,19H,7-14,16H2,1H3,(H,25,32). The van der Waals surface area contributed by atoms with E-state index in [-0.39, 0.29) is 11.8 Å². The molecule has 1 aromatic carbocycles. The molecule has 2 aliphatic rings. The van der Waals surface area contributed by atoms with Gasteiger partial charge in [-0.3, -0.25) is 9.69 Å². The highest BCUT2D eigenvalue weighted by atomic mass is 16.1. The molecular formula is C23H30N8O. The molecule has 3 aromatic rings. The molecule has 1 amide bonds. The van der Waals surface area contributed by atoms with Crippen molar-refractivity contribution in [2.24, 2.45) is 5.92 Å². The molecule has 2 aliphatic heterocycles. The van der Waals surface area contributed by atoms with Gasteiger partial charge >= 0.3 is 0 Å². The topological polar surface area (TPSA) is 81.9 Å². The second-order valence-electron chi connectivity index (χ2n) is 8.86. The average Bonchev–Trinajstić information content (AvgIpc) is 3.29. The van der Waals surface area contributed by atoms with Crippen LogP contribution < -0.4 is 10.2 Å². The zero-order chi connectivity index (χ0) is 21.9. The van der Waals surface area contributed by atoms with Crippen LogP contribution in [0.15, 0.2) is 42.7 Å². The maximum absolute atomic E-state index is 12.9. The van der Waals surface area contributed by atoms with Crippen molar-refractivity contribution in [3.8, 4) is 0 Å². The monoisotopic (exact) mass is 434 g/mol. The van der Waals surface area contributed by atoms with Gasteiger partial charge in [-0.05, 0) is 49.7 Å². The number of piperidine rings is 1. The lowest BCUT2D eigenvalue weighted by Crippen LogP contribution is -2.43. The minimum Gasteiger partial charge on any atom is -0.355 e. The van der Waals surface area contributed by atoms with E-state index < -0.39 is 0 Å². The van der Waals surface area contributed by atoms with Gasteiger partial charge in [-0.2, -0.15) is 4.52 Å². The van der Waals surface area contributed by atoms with Gasteiger partial charge in [0.1, 0.15) is 12.1 Å². The summed E-state index contributed by atoms with van der Waals surface area (Å²) in [6.45, 7) is 6.94. The molecule has 0 spiro atoms. The zero-order valence-corrected chi connectivity index (χ0v) is 18.5. The van der Waals surface area contributed by atoms with Crippen molar-refractivity contribution in [3.05, 3.63) is 48.3 Å². The Hall–Kier alpha value is -3.04. The largest absolute Gasteiger partial charge is 0.355 e. The SMILES string of the molecule is CN1CCN(Cc2cccc(NC(=O)C3CCN(c4ccc5nncn5n4)CC3)c2)CC1. The Kier molecular flexibility index (Phi) is 6.00. The third-order valence-electron chi connectivity index (χ3n) is 6.53. The van der Waals surface area contributed by atoms with Gasteiger partial charge in [-0.1, -0.05) is 12.1 Å². The molecule has 9 nitrogen and oxygen atoms in total. The number of aromatic nitrogens is 4. The van der Waals surface area contributed by atoms with E-state index in [9.17, 15) is 4.79 Å². The van der Waals surface area contributed by atoms with Gasteiger partial charge in [0.05, 0.1) is 0 Å². The number of fused-ring (bicyclic) bond motifs is 1. The summed E-state index contributed by atoms with van der Waals surface area (Å²) in [6, 6.07) is 12.2. The Balaban J connectivity index is 1.14. The number of likely N-dealkylation sites (N-methyl/N-ethyl adjacent to an activating group) is 1. The van der Waals surface area contributed by atoms with Gasteiger partial charge in [0.15, 0.2) is 5.65 Å². The Morgan fingerprint density at radius 1 is 1.06 bits per heavy atom. The number of hydrogen-bond donors (Lipinski definition) is 1. The number of rotatable bonds is 5. The van der Waals surface area contributed by atoms with Crippen molar-refractivity contribution in [2.75, 3.05) is 56.5 Å². The molecule has 0 atom stereocenters. The van der Waals surface area contributed by atoms with Gasteiger partial charge in [0, 0.05) is 57.4 Å². The third kappa shape index (κ3) is 4.73.